The van der Waals surface area contributed by atoms with Crippen LogP contribution in [0.25, 0.3) is 22.0 Å². The third kappa shape index (κ3) is 6.07. The van der Waals surface area contributed by atoms with Gasteiger partial charge in [-0.2, -0.15) is 10.2 Å². The summed E-state index contributed by atoms with van der Waals surface area (Å²) in [5, 5.41) is 9.31. The first kappa shape index (κ1) is 24.0. The molecule has 2 fully saturated rings. The standard InChI is InChI=1S/C14H9ClFN3O.C6H8N2.C5H10O/c1-19-14(20)9-4-5-17-13(11(9)7-18-19)10-3-2-8(15)6-12(10)16;1-4-7-8(5-1)6-2-3-6;1-2-4-6-5-3-1/h2-7H,1H3;1,4-6H,2-3H2;1-5H2. The Labute approximate surface area is 202 Å². The molecule has 6 rings (SSSR count). The Bertz CT molecular complexity index is 1270. The van der Waals surface area contributed by atoms with E-state index in [-0.39, 0.29) is 11.1 Å². The molecule has 1 saturated heterocycles. The predicted octanol–water partition coefficient (Wildman–Crippen LogP) is 5.19. The zero-order chi connectivity index (χ0) is 23.9. The van der Waals surface area contributed by atoms with Crippen molar-refractivity contribution < 1.29 is 9.13 Å². The van der Waals surface area contributed by atoms with Crippen molar-refractivity contribution >= 4 is 22.4 Å². The van der Waals surface area contributed by atoms with Gasteiger partial charge in [0.1, 0.15) is 5.82 Å². The lowest BCUT2D eigenvalue weighted by molar-refractivity contribution is 0.0968. The summed E-state index contributed by atoms with van der Waals surface area (Å²) in [5.41, 5.74) is 0.414. The Morgan fingerprint density at radius 3 is 2.44 bits per heavy atom. The maximum atomic E-state index is 14.0. The van der Waals surface area contributed by atoms with Gasteiger partial charge in [0.25, 0.3) is 5.56 Å². The average molecular weight is 484 g/mol. The second-order valence-electron chi connectivity index (χ2n) is 8.21. The molecule has 0 N–H and O–H groups in total. The van der Waals surface area contributed by atoms with E-state index in [9.17, 15) is 9.18 Å². The minimum absolute atomic E-state index is 0.250. The molecule has 0 bridgehead atoms. The van der Waals surface area contributed by atoms with Gasteiger partial charge in [0.15, 0.2) is 0 Å². The molecule has 0 atom stereocenters. The third-order valence-electron chi connectivity index (χ3n) is 5.58. The van der Waals surface area contributed by atoms with E-state index in [0.717, 1.165) is 19.3 Å². The molecule has 1 aliphatic carbocycles. The molecular formula is C25H27ClFN5O2. The molecule has 9 heteroatoms. The summed E-state index contributed by atoms with van der Waals surface area (Å²) in [6.45, 7) is 2.00. The lowest BCUT2D eigenvalue weighted by atomic mass is 10.1. The zero-order valence-electron chi connectivity index (χ0n) is 19.0. The lowest BCUT2D eigenvalue weighted by Crippen LogP contribution is -2.19. The van der Waals surface area contributed by atoms with Gasteiger partial charge in [0.05, 0.1) is 23.3 Å². The monoisotopic (exact) mass is 483 g/mol. The van der Waals surface area contributed by atoms with Crippen molar-refractivity contribution in [3.05, 3.63) is 76.3 Å². The quantitative estimate of drug-likeness (QED) is 0.392. The van der Waals surface area contributed by atoms with Crippen LogP contribution >= 0.6 is 11.6 Å². The molecule has 7 nitrogen and oxygen atoms in total. The molecule has 0 radical (unpaired) electrons. The van der Waals surface area contributed by atoms with E-state index >= 15 is 0 Å². The van der Waals surface area contributed by atoms with Crippen LogP contribution in [0.1, 0.15) is 38.1 Å². The molecule has 3 aromatic heterocycles. The van der Waals surface area contributed by atoms with Crippen LogP contribution < -0.4 is 5.56 Å². The maximum absolute atomic E-state index is 14.0. The minimum atomic E-state index is -0.488. The third-order valence-corrected chi connectivity index (χ3v) is 5.82. The van der Waals surface area contributed by atoms with Gasteiger partial charge in [0, 0.05) is 54.8 Å². The van der Waals surface area contributed by atoms with Gasteiger partial charge in [-0.05, 0) is 62.4 Å². The summed E-state index contributed by atoms with van der Waals surface area (Å²) in [7, 11) is 1.56. The van der Waals surface area contributed by atoms with E-state index in [1.54, 1.807) is 19.2 Å². The molecule has 1 aromatic carbocycles. The van der Waals surface area contributed by atoms with Gasteiger partial charge in [0.2, 0.25) is 0 Å². The smallest absolute Gasteiger partial charge is 0.274 e. The molecule has 178 valence electrons. The summed E-state index contributed by atoms with van der Waals surface area (Å²) in [4.78, 5) is 16.2. The molecule has 1 aliphatic heterocycles. The SMILES string of the molecule is C1CCOCC1.Cn1ncc2c(-c3ccc(Cl)cc3F)nccc2c1=O.c1cnn(C2CC2)c1. The number of hydrogen-bond acceptors (Lipinski definition) is 5. The van der Waals surface area contributed by atoms with Gasteiger partial charge in [-0.1, -0.05) is 11.6 Å². The summed E-state index contributed by atoms with van der Waals surface area (Å²) < 4.78 is 22.3. The Hall–Kier alpha value is -3.10. The largest absolute Gasteiger partial charge is 0.381 e. The number of aromatic nitrogens is 5. The normalized spacial score (nSPS) is 15.1. The molecular weight excluding hydrogens is 457 g/mol. The summed E-state index contributed by atoms with van der Waals surface area (Å²) >= 11 is 5.74. The van der Waals surface area contributed by atoms with Crippen LogP contribution in [0.15, 0.2) is 59.9 Å². The van der Waals surface area contributed by atoms with E-state index in [2.05, 4.69) is 15.2 Å². The highest BCUT2D eigenvalue weighted by Gasteiger charge is 2.22. The highest BCUT2D eigenvalue weighted by Crippen LogP contribution is 2.33. The first-order chi connectivity index (χ1) is 16.5. The predicted molar refractivity (Wildman–Crippen MR) is 130 cm³/mol. The second-order valence-corrected chi connectivity index (χ2v) is 8.65. The van der Waals surface area contributed by atoms with Gasteiger partial charge in [-0.25, -0.2) is 9.07 Å². The van der Waals surface area contributed by atoms with Gasteiger partial charge < -0.3 is 4.74 Å². The minimum Gasteiger partial charge on any atom is -0.381 e. The molecule has 34 heavy (non-hydrogen) atoms. The number of fused-ring (bicyclic) bond motifs is 1. The summed E-state index contributed by atoms with van der Waals surface area (Å²) in [6.07, 6.45) is 13.4. The number of nitrogens with zero attached hydrogens (tertiary/aromatic N) is 5. The van der Waals surface area contributed by atoms with Crippen LogP contribution in [0.5, 0.6) is 0 Å². The molecule has 1 saturated carbocycles. The fourth-order valence-corrected chi connectivity index (χ4v) is 3.74. The Balaban J connectivity index is 0.000000158. The number of halogens is 2. The number of ether oxygens (including phenoxy) is 1. The van der Waals surface area contributed by atoms with Crippen LogP contribution in [0, 0.1) is 5.82 Å². The van der Waals surface area contributed by atoms with Crippen LogP contribution in [-0.2, 0) is 11.8 Å². The molecule has 4 heterocycles. The maximum Gasteiger partial charge on any atom is 0.274 e. The van der Waals surface area contributed by atoms with E-state index in [1.165, 1.54) is 61.3 Å². The molecule has 0 spiro atoms. The van der Waals surface area contributed by atoms with E-state index in [4.69, 9.17) is 16.3 Å². The first-order valence-electron chi connectivity index (χ1n) is 11.4. The second kappa shape index (κ2) is 11.4. The highest BCUT2D eigenvalue weighted by molar-refractivity contribution is 6.30. The molecule has 2 aliphatic rings. The molecule has 4 aromatic rings. The Morgan fingerprint density at radius 1 is 1.06 bits per heavy atom. The number of pyridine rings is 1. The number of aryl methyl sites for hydroxylation is 1. The van der Waals surface area contributed by atoms with Crippen molar-refractivity contribution in [3.63, 3.8) is 0 Å². The zero-order valence-corrected chi connectivity index (χ0v) is 19.8. The average Bonchev–Trinajstić information content (AvgIpc) is 3.57. The van der Waals surface area contributed by atoms with Gasteiger partial charge in [-0.15, -0.1) is 0 Å². The van der Waals surface area contributed by atoms with E-state index < -0.39 is 5.82 Å². The van der Waals surface area contributed by atoms with Crippen molar-refractivity contribution in [2.45, 2.75) is 38.1 Å². The highest BCUT2D eigenvalue weighted by atomic mass is 35.5. The lowest BCUT2D eigenvalue weighted by Gasteiger charge is -2.08. The van der Waals surface area contributed by atoms with Gasteiger partial charge in [-0.3, -0.25) is 14.5 Å². The van der Waals surface area contributed by atoms with Crippen molar-refractivity contribution in [1.82, 2.24) is 24.5 Å². The van der Waals surface area contributed by atoms with Crippen molar-refractivity contribution in [1.29, 1.82) is 0 Å². The summed E-state index contributed by atoms with van der Waals surface area (Å²) in [6, 6.07) is 8.64. The van der Waals surface area contributed by atoms with Crippen LogP contribution in [0.3, 0.4) is 0 Å². The fourth-order valence-electron chi connectivity index (χ4n) is 3.58. The Kier molecular flexibility index (Phi) is 8.03. The topological polar surface area (TPSA) is 74.8 Å². The van der Waals surface area contributed by atoms with Crippen LogP contribution in [0.4, 0.5) is 4.39 Å². The number of rotatable bonds is 2. The molecule has 0 amide bonds. The number of benzene rings is 1. The Morgan fingerprint density at radius 2 is 1.85 bits per heavy atom. The van der Waals surface area contributed by atoms with E-state index in [1.807, 2.05) is 23.1 Å². The molecule has 0 unspecified atom stereocenters. The van der Waals surface area contributed by atoms with Crippen LogP contribution in [0.2, 0.25) is 5.02 Å². The van der Waals surface area contributed by atoms with Gasteiger partial charge >= 0.3 is 0 Å². The summed E-state index contributed by atoms with van der Waals surface area (Å²) in [5.74, 6) is -0.488. The number of hydrogen-bond donors (Lipinski definition) is 0. The van der Waals surface area contributed by atoms with Crippen molar-refractivity contribution in [2.24, 2.45) is 7.05 Å². The van der Waals surface area contributed by atoms with Crippen molar-refractivity contribution in [3.8, 4) is 11.3 Å². The first-order valence-corrected chi connectivity index (χ1v) is 11.8. The van der Waals surface area contributed by atoms with Crippen LogP contribution in [-0.4, -0.2) is 37.8 Å². The van der Waals surface area contributed by atoms with Crippen molar-refractivity contribution in [2.75, 3.05) is 13.2 Å². The van der Waals surface area contributed by atoms with E-state index in [0.29, 0.717) is 21.5 Å². The fraction of sp³-hybridized carbons (Fsp3) is 0.360.